The summed E-state index contributed by atoms with van der Waals surface area (Å²) < 4.78 is 77.7. The minimum Gasteiger partial charge on any atom is -0.348 e. The average Bonchev–Trinajstić information content (AvgIpc) is 2.73. The maximum atomic E-state index is 12.8. The molecule has 0 saturated carbocycles. The van der Waals surface area contributed by atoms with Gasteiger partial charge in [0.05, 0.1) is 17.7 Å². The lowest BCUT2D eigenvalue weighted by Gasteiger charge is -2.11. The smallest absolute Gasteiger partial charge is 0.348 e. The Balaban J connectivity index is 1.66. The van der Waals surface area contributed by atoms with E-state index in [1.54, 1.807) is 0 Å². The van der Waals surface area contributed by atoms with Crippen LogP contribution in [0.3, 0.4) is 0 Å². The van der Waals surface area contributed by atoms with Crippen LogP contribution in [0.4, 0.5) is 26.3 Å². The number of halogens is 6. The van der Waals surface area contributed by atoms with Crippen molar-refractivity contribution in [2.45, 2.75) is 25.4 Å². The van der Waals surface area contributed by atoms with Gasteiger partial charge in [-0.25, -0.2) is 0 Å². The van der Waals surface area contributed by atoms with Gasteiger partial charge in [0.15, 0.2) is 0 Å². The molecule has 0 radical (unpaired) electrons. The molecule has 0 bridgehead atoms. The van der Waals surface area contributed by atoms with Crippen LogP contribution < -0.4 is 10.9 Å². The molecule has 0 unspecified atom stereocenters. The van der Waals surface area contributed by atoms with Crippen LogP contribution in [-0.2, 0) is 25.4 Å². The fraction of sp³-hybridized carbons (Fsp3) is 0.182. The van der Waals surface area contributed by atoms with Gasteiger partial charge in [0.2, 0.25) is 0 Å². The van der Waals surface area contributed by atoms with Crippen LogP contribution in [0.5, 0.6) is 0 Å². The molecule has 4 nitrogen and oxygen atoms in total. The largest absolute Gasteiger partial charge is 0.417 e. The van der Waals surface area contributed by atoms with Crippen molar-refractivity contribution in [1.29, 1.82) is 0 Å². The van der Waals surface area contributed by atoms with Gasteiger partial charge in [0.1, 0.15) is 0 Å². The summed E-state index contributed by atoms with van der Waals surface area (Å²) in [5, 5.41) is 2.51. The number of amides is 1. The monoisotopic (exact) mass is 454 g/mol. The van der Waals surface area contributed by atoms with E-state index >= 15 is 0 Å². The van der Waals surface area contributed by atoms with Crippen LogP contribution in [0.2, 0.25) is 0 Å². The number of hydrogen-bond acceptors (Lipinski definition) is 2. The van der Waals surface area contributed by atoms with E-state index < -0.39 is 34.9 Å². The molecule has 0 aliphatic carbocycles. The van der Waals surface area contributed by atoms with E-state index in [4.69, 9.17) is 0 Å². The fourth-order valence-corrected chi connectivity index (χ4v) is 2.92. The van der Waals surface area contributed by atoms with Crippen molar-refractivity contribution in [2.75, 3.05) is 0 Å². The van der Waals surface area contributed by atoms with Crippen molar-refractivity contribution in [3.8, 4) is 0 Å². The minimum absolute atomic E-state index is 0.121. The van der Waals surface area contributed by atoms with Gasteiger partial charge in [0, 0.05) is 24.4 Å². The Kier molecular flexibility index (Phi) is 6.42. The molecule has 3 rings (SSSR count). The summed E-state index contributed by atoms with van der Waals surface area (Å²) in [5.41, 5.74) is -1.42. The maximum Gasteiger partial charge on any atom is 0.417 e. The zero-order chi connectivity index (χ0) is 23.5. The molecule has 32 heavy (non-hydrogen) atoms. The molecule has 1 aromatic heterocycles. The van der Waals surface area contributed by atoms with Gasteiger partial charge in [-0.2, -0.15) is 26.3 Å². The Hall–Kier alpha value is -3.56. The van der Waals surface area contributed by atoms with Gasteiger partial charge in [0.25, 0.3) is 11.5 Å². The highest BCUT2D eigenvalue weighted by Crippen LogP contribution is 2.30. The average molecular weight is 454 g/mol. The maximum absolute atomic E-state index is 12.8. The lowest BCUT2D eigenvalue weighted by atomic mass is 10.1. The summed E-state index contributed by atoms with van der Waals surface area (Å²) >= 11 is 0. The Morgan fingerprint density at radius 2 is 1.47 bits per heavy atom. The van der Waals surface area contributed by atoms with Crippen LogP contribution in [-0.4, -0.2) is 10.5 Å². The van der Waals surface area contributed by atoms with Crippen molar-refractivity contribution in [1.82, 2.24) is 9.88 Å². The predicted octanol–water partition coefficient (Wildman–Crippen LogP) is 4.86. The van der Waals surface area contributed by atoms with Crippen molar-refractivity contribution >= 4 is 5.91 Å². The molecule has 0 atom stereocenters. The Morgan fingerprint density at radius 1 is 0.812 bits per heavy atom. The minimum atomic E-state index is -4.59. The molecule has 1 amide bonds. The van der Waals surface area contributed by atoms with E-state index in [0.717, 1.165) is 29.0 Å². The second kappa shape index (κ2) is 8.89. The van der Waals surface area contributed by atoms with Crippen LogP contribution >= 0.6 is 0 Å². The van der Waals surface area contributed by atoms with Gasteiger partial charge < -0.3 is 9.88 Å². The first-order valence-electron chi connectivity index (χ1n) is 9.24. The zero-order valence-electron chi connectivity index (χ0n) is 16.3. The number of rotatable bonds is 5. The summed E-state index contributed by atoms with van der Waals surface area (Å²) in [6.07, 6.45) is -8.35. The van der Waals surface area contributed by atoms with Crippen molar-refractivity contribution in [2.24, 2.45) is 0 Å². The lowest BCUT2D eigenvalue weighted by molar-refractivity contribution is -0.138. The summed E-state index contributed by atoms with van der Waals surface area (Å²) in [4.78, 5) is 24.1. The highest BCUT2D eigenvalue weighted by atomic mass is 19.4. The summed E-state index contributed by atoms with van der Waals surface area (Å²) in [5.74, 6) is -0.537. The number of nitrogens with zero attached hydrogens (tertiary/aromatic N) is 1. The second-order valence-corrected chi connectivity index (χ2v) is 6.96. The quantitative estimate of drug-likeness (QED) is 0.560. The molecule has 2 aromatic carbocycles. The van der Waals surface area contributed by atoms with Gasteiger partial charge in [-0.05, 0) is 41.5 Å². The first kappa shape index (κ1) is 23.1. The zero-order valence-corrected chi connectivity index (χ0v) is 16.3. The van der Waals surface area contributed by atoms with E-state index in [1.807, 2.05) is 0 Å². The van der Waals surface area contributed by atoms with E-state index in [1.165, 1.54) is 36.4 Å². The Morgan fingerprint density at radius 3 is 2.09 bits per heavy atom. The Labute approximate surface area is 178 Å². The summed E-state index contributed by atoms with van der Waals surface area (Å²) in [6.45, 7) is -0.251. The Bertz CT molecular complexity index is 1160. The SMILES string of the molecule is O=C(NCc1cccc(C(F)(F)F)c1)c1ccc(Cn2cc(C(F)(F)F)ccc2=O)cc1. The fourth-order valence-electron chi connectivity index (χ4n) is 2.92. The van der Waals surface area contributed by atoms with Gasteiger partial charge in [-0.1, -0.05) is 24.3 Å². The van der Waals surface area contributed by atoms with Crippen LogP contribution in [0.1, 0.15) is 32.6 Å². The molecule has 0 aliphatic rings. The summed E-state index contributed by atoms with van der Waals surface area (Å²) in [7, 11) is 0. The molecule has 1 N–H and O–H groups in total. The highest BCUT2D eigenvalue weighted by molar-refractivity contribution is 5.94. The third-order valence-corrected chi connectivity index (χ3v) is 4.59. The number of carbonyl (C=O) groups excluding carboxylic acids is 1. The summed E-state index contributed by atoms with van der Waals surface area (Å²) in [6, 6.07) is 11.9. The molecule has 0 spiro atoms. The predicted molar refractivity (Wildman–Crippen MR) is 104 cm³/mol. The number of alkyl halides is 6. The third kappa shape index (κ3) is 5.77. The molecule has 0 aliphatic heterocycles. The first-order valence-corrected chi connectivity index (χ1v) is 9.24. The van der Waals surface area contributed by atoms with Crippen LogP contribution in [0, 0.1) is 0 Å². The number of nitrogens with one attached hydrogen (secondary N) is 1. The molecule has 0 fully saturated rings. The molecule has 10 heteroatoms. The molecule has 0 saturated heterocycles. The lowest BCUT2D eigenvalue weighted by Crippen LogP contribution is -2.23. The highest BCUT2D eigenvalue weighted by Gasteiger charge is 2.31. The molecular weight excluding hydrogens is 438 g/mol. The molecule has 3 aromatic rings. The van der Waals surface area contributed by atoms with Crippen LogP contribution in [0.15, 0.2) is 71.7 Å². The van der Waals surface area contributed by atoms with E-state index in [0.29, 0.717) is 11.6 Å². The number of carbonyl (C=O) groups is 1. The van der Waals surface area contributed by atoms with Gasteiger partial charge >= 0.3 is 12.4 Å². The number of aromatic nitrogens is 1. The van der Waals surface area contributed by atoms with Gasteiger partial charge in [-0.15, -0.1) is 0 Å². The number of pyridine rings is 1. The third-order valence-electron chi connectivity index (χ3n) is 4.59. The van der Waals surface area contributed by atoms with E-state index in [2.05, 4.69) is 5.32 Å². The standard InChI is InChI=1S/C22H16F6N2O2/c23-21(24,25)17-3-1-2-15(10-17)11-29-20(32)16-6-4-14(5-7-16)12-30-13-18(22(26,27)28)8-9-19(30)31/h1-10,13H,11-12H2,(H,29,32). The van der Waals surface area contributed by atoms with E-state index in [-0.39, 0.29) is 24.2 Å². The molecule has 168 valence electrons. The first-order chi connectivity index (χ1) is 14.9. The van der Waals surface area contributed by atoms with Crippen molar-refractivity contribution < 1.29 is 31.1 Å². The molecular formula is C22H16F6N2O2. The van der Waals surface area contributed by atoms with Crippen molar-refractivity contribution in [3.05, 3.63) is 105 Å². The number of benzene rings is 2. The van der Waals surface area contributed by atoms with Gasteiger partial charge in [-0.3, -0.25) is 9.59 Å². The van der Waals surface area contributed by atoms with E-state index in [9.17, 15) is 35.9 Å². The topological polar surface area (TPSA) is 51.1 Å². The van der Waals surface area contributed by atoms with Crippen molar-refractivity contribution in [3.63, 3.8) is 0 Å². The van der Waals surface area contributed by atoms with Crippen LogP contribution in [0.25, 0.3) is 0 Å². The second-order valence-electron chi connectivity index (χ2n) is 6.96. The normalized spacial score (nSPS) is 11.9. The number of hydrogen-bond donors (Lipinski definition) is 1. The molecule has 1 heterocycles.